The summed E-state index contributed by atoms with van der Waals surface area (Å²) in [4.78, 5) is 40.0. The molecule has 138 valence electrons. The Hall–Kier alpha value is -3.15. The average Bonchev–Trinajstić information content (AvgIpc) is 3.32. The van der Waals surface area contributed by atoms with Gasteiger partial charge in [0.1, 0.15) is 0 Å². The van der Waals surface area contributed by atoms with Crippen molar-refractivity contribution in [3.63, 3.8) is 0 Å². The quantitative estimate of drug-likeness (QED) is 0.847. The van der Waals surface area contributed by atoms with Gasteiger partial charge in [-0.15, -0.1) is 0 Å². The second-order valence-electron chi connectivity index (χ2n) is 6.87. The van der Waals surface area contributed by atoms with Crippen molar-refractivity contribution < 1.29 is 14.4 Å². The first kappa shape index (κ1) is 17.3. The number of hydrogen-bond donors (Lipinski definition) is 1. The Labute approximate surface area is 157 Å². The number of carbonyl (C=O) groups excluding carboxylic acids is 3. The Bertz CT molecular complexity index is 887. The van der Waals surface area contributed by atoms with Gasteiger partial charge in [0.25, 0.3) is 5.91 Å². The van der Waals surface area contributed by atoms with Crippen molar-refractivity contribution >= 4 is 34.8 Å². The third-order valence-corrected chi connectivity index (χ3v) is 4.99. The first-order chi connectivity index (χ1) is 13.1. The van der Waals surface area contributed by atoms with Crippen LogP contribution in [0, 0.1) is 0 Å². The lowest BCUT2D eigenvalue weighted by atomic mass is 10.1. The van der Waals surface area contributed by atoms with Crippen LogP contribution >= 0.6 is 0 Å². The summed E-state index contributed by atoms with van der Waals surface area (Å²) >= 11 is 0. The molecular formula is C21H21N3O3. The van der Waals surface area contributed by atoms with Gasteiger partial charge in [0, 0.05) is 42.9 Å². The molecule has 0 aromatic heterocycles. The average molecular weight is 363 g/mol. The number of rotatable bonds is 4. The lowest BCUT2D eigenvalue weighted by Crippen LogP contribution is -2.28. The highest BCUT2D eigenvalue weighted by Crippen LogP contribution is 2.25. The van der Waals surface area contributed by atoms with Gasteiger partial charge in [-0.1, -0.05) is 12.1 Å². The molecule has 3 amide bonds. The molecule has 4 rings (SSSR count). The maximum Gasteiger partial charge on any atom is 0.255 e. The zero-order valence-electron chi connectivity index (χ0n) is 15.0. The maximum absolute atomic E-state index is 12.7. The molecule has 1 N–H and O–H groups in total. The topological polar surface area (TPSA) is 69.7 Å². The van der Waals surface area contributed by atoms with Gasteiger partial charge in [0.15, 0.2) is 0 Å². The summed E-state index contributed by atoms with van der Waals surface area (Å²) in [5.74, 6) is -0.721. The minimum absolute atomic E-state index is 0.221. The zero-order valence-corrected chi connectivity index (χ0v) is 15.0. The van der Waals surface area contributed by atoms with Crippen LogP contribution in [0.15, 0.2) is 48.5 Å². The Morgan fingerprint density at radius 3 is 2.26 bits per heavy atom. The summed E-state index contributed by atoms with van der Waals surface area (Å²) < 4.78 is 0. The molecule has 0 saturated carbocycles. The van der Waals surface area contributed by atoms with E-state index in [-0.39, 0.29) is 30.6 Å². The summed E-state index contributed by atoms with van der Waals surface area (Å²) in [5.41, 5.74) is 2.68. The van der Waals surface area contributed by atoms with Crippen LogP contribution < -0.4 is 15.1 Å². The van der Waals surface area contributed by atoms with E-state index in [1.165, 1.54) is 12.8 Å². The predicted octanol–water partition coefficient (Wildman–Crippen LogP) is 3.19. The molecule has 2 aliphatic rings. The van der Waals surface area contributed by atoms with E-state index in [9.17, 15) is 14.4 Å². The number of imide groups is 1. The van der Waals surface area contributed by atoms with Crippen LogP contribution in [0.3, 0.4) is 0 Å². The molecule has 0 atom stereocenters. The van der Waals surface area contributed by atoms with Gasteiger partial charge in [-0.25, -0.2) is 0 Å². The minimum Gasteiger partial charge on any atom is -0.371 e. The summed E-state index contributed by atoms with van der Waals surface area (Å²) in [6.45, 7) is 2.08. The molecule has 2 fully saturated rings. The van der Waals surface area contributed by atoms with Crippen LogP contribution in [0.25, 0.3) is 0 Å². The van der Waals surface area contributed by atoms with Crippen LogP contribution in [0.5, 0.6) is 0 Å². The summed E-state index contributed by atoms with van der Waals surface area (Å²) in [5, 5.41) is 2.91. The second kappa shape index (κ2) is 7.23. The number of nitrogens with zero attached hydrogens (tertiary/aromatic N) is 2. The Balaban J connectivity index is 1.52. The smallest absolute Gasteiger partial charge is 0.255 e. The van der Waals surface area contributed by atoms with E-state index < -0.39 is 0 Å². The number of anilines is 3. The third-order valence-electron chi connectivity index (χ3n) is 4.99. The Morgan fingerprint density at radius 1 is 0.852 bits per heavy atom. The van der Waals surface area contributed by atoms with E-state index in [1.54, 1.807) is 24.3 Å². The van der Waals surface area contributed by atoms with Gasteiger partial charge in [-0.2, -0.15) is 0 Å². The monoisotopic (exact) mass is 363 g/mol. The number of hydrogen-bond acceptors (Lipinski definition) is 4. The molecule has 0 unspecified atom stereocenters. The zero-order chi connectivity index (χ0) is 18.8. The van der Waals surface area contributed by atoms with Crippen LogP contribution in [0.1, 0.15) is 36.0 Å². The van der Waals surface area contributed by atoms with Gasteiger partial charge < -0.3 is 10.2 Å². The molecule has 0 spiro atoms. The molecule has 2 saturated heterocycles. The molecule has 0 radical (unpaired) electrons. The molecule has 6 heteroatoms. The first-order valence-electron chi connectivity index (χ1n) is 9.24. The van der Waals surface area contributed by atoms with Crippen molar-refractivity contribution in [2.75, 3.05) is 28.2 Å². The van der Waals surface area contributed by atoms with E-state index in [2.05, 4.69) is 10.2 Å². The fourth-order valence-corrected chi connectivity index (χ4v) is 3.61. The van der Waals surface area contributed by atoms with E-state index in [0.717, 1.165) is 29.4 Å². The van der Waals surface area contributed by atoms with Crippen LogP contribution in [-0.2, 0) is 9.59 Å². The van der Waals surface area contributed by atoms with Crippen LogP contribution in [0.2, 0.25) is 0 Å². The van der Waals surface area contributed by atoms with Gasteiger partial charge in [-0.3, -0.25) is 19.3 Å². The van der Waals surface area contributed by atoms with Gasteiger partial charge >= 0.3 is 0 Å². The highest BCUT2D eigenvalue weighted by Gasteiger charge is 2.30. The van der Waals surface area contributed by atoms with Gasteiger partial charge in [0.05, 0.1) is 5.69 Å². The first-order valence-corrected chi connectivity index (χ1v) is 9.24. The lowest BCUT2D eigenvalue weighted by molar-refractivity contribution is -0.121. The van der Waals surface area contributed by atoms with E-state index >= 15 is 0 Å². The molecular weight excluding hydrogens is 342 g/mol. The Morgan fingerprint density at radius 2 is 1.52 bits per heavy atom. The highest BCUT2D eigenvalue weighted by molar-refractivity contribution is 6.20. The lowest BCUT2D eigenvalue weighted by Gasteiger charge is -2.18. The third kappa shape index (κ3) is 3.56. The number of amides is 3. The molecule has 2 aromatic rings. The molecule has 0 bridgehead atoms. The van der Waals surface area contributed by atoms with E-state index in [4.69, 9.17) is 0 Å². The number of nitrogens with one attached hydrogen (secondary N) is 1. The fourth-order valence-electron chi connectivity index (χ4n) is 3.61. The van der Waals surface area contributed by atoms with Crippen molar-refractivity contribution in [1.82, 2.24) is 0 Å². The SMILES string of the molecule is O=C(Nc1cccc(N2CCCC2)c1)c1cccc(N2C(=O)CCC2=O)c1. The normalized spacial score (nSPS) is 16.9. The van der Waals surface area contributed by atoms with Crippen LogP contribution in [-0.4, -0.2) is 30.8 Å². The van der Waals surface area contributed by atoms with Gasteiger partial charge in [0.2, 0.25) is 11.8 Å². The highest BCUT2D eigenvalue weighted by atomic mass is 16.2. The van der Waals surface area contributed by atoms with E-state index in [1.807, 2.05) is 24.3 Å². The van der Waals surface area contributed by atoms with Crippen molar-refractivity contribution in [2.45, 2.75) is 25.7 Å². The van der Waals surface area contributed by atoms with Crippen molar-refractivity contribution in [2.24, 2.45) is 0 Å². The van der Waals surface area contributed by atoms with Crippen molar-refractivity contribution in [3.05, 3.63) is 54.1 Å². The second-order valence-corrected chi connectivity index (χ2v) is 6.87. The summed E-state index contributed by atoms with van der Waals surface area (Å²) in [7, 11) is 0. The largest absolute Gasteiger partial charge is 0.371 e. The molecule has 2 aliphatic heterocycles. The molecule has 0 aliphatic carbocycles. The minimum atomic E-state index is -0.269. The maximum atomic E-state index is 12.7. The van der Waals surface area contributed by atoms with E-state index in [0.29, 0.717) is 11.3 Å². The molecule has 2 heterocycles. The molecule has 27 heavy (non-hydrogen) atoms. The number of benzene rings is 2. The standard InChI is InChI=1S/C21H21N3O3/c25-19-9-10-20(26)24(19)18-8-3-5-15(13-18)21(27)22-16-6-4-7-17(14-16)23-11-1-2-12-23/h3-8,13-14H,1-2,9-12H2,(H,22,27). The summed E-state index contributed by atoms with van der Waals surface area (Å²) in [6, 6.07) is 14.4. The van der Waals surface area contributed by atoms with Crippen molar-refractivity contribution in [3.8, 4) is 0 Å². The molecule has 6 nitrogen and oxygen atoms in total. The Kier molecular flexibility index (Phi) is 4.62. The van der Waals surface area contributed by atoms with Gasteiger partial charge in [-0.05, 0) is 49.2 Å². The van der Waals surface area contributed by atoms with Crippen molar-refractivity contribution in [1.29, 1.82) is 0 Å². The predicted molar refractivity (Wildman–Crippen MR) is 104 cm³/mol. The van der Waals surface area contributed by atoms with Crippen LogP contribution in [0.4, 0.5) is 17.1 Å². The number of carbonyl (C=O) groups is 3. The summed E-state index contributed by atoms with van der Waals surface area (Å²) in [6.07, 6.45) is 2.83. The fraction of sp³-hybridized carbons (Fsp3) is 0.286. The molecule has 2 aromatic carbocycles.